The summed E-state index contributed by atoms with van der Waals surface area (Å²) in [5.41, 5.74) is 0.268. The van der Waals surface area contributed by atoms with E-state index in [-0.39, 0.29) is 17.5 Å². The summed E-state index contributed by atoms with van der Waals surface area (Å²) in [4.78, 5) is 20.1. The second-order valence-electron chi connectivity index (χ2n) is 5.44. The quantitative estimate of drug-likeness (QED) is 0.859. The van der Waals surface area contributed by atoms with Crippen LogP contribution in [0.3, 0.4) is 0 Å². The van der Waals surface area contributed by atoms with E-state index in [1.807, 2.05) is 34.6 Å². The van der Waals surface area contributed by atoms with Crippen molar-refractivity contribution >= 4 is 11.7 Å². The van der Waals surface area contributed by atoms with Crippen LogP contribution in [0.4, 0.5) is 5.82 Å². The summed E-state index contributed by atoms with van der Waals surface area (Å²) in [5, 5.41) is 6.05. The highest BCUT2D eigenvalue weighted by atomic mass is 16.1. The van der Waals surface area contributed by atoms with Crippen LogP contribution in [0.15, 0.2) is 12.4 Å². The van der Waals surface area contributed by atoms with Crippen molar-refractivity contribution in [2.24, 2.45) is 0 Å². The molecule has 18 heavy (non-hydrogen) atoms. The lowest BCUT2D eigenvalue weighted by Crippen LogP contribution is -2.32. The minimum atomic E-state index is -0.181. The normalized spacial score (nSPS) is 12.9. The molecule has 1 amide bonds. The fourth-order valence-corrected chi connectivity index (χ4v) is 1.29. The van der Waals surface area contributed by atoms with Crippen molar-refractivity contribution < 1.29 is 4.79 Å². The zero-order valence-electron chi connectivity index (χ0n) is 11.7. The van der Waals surface area contributed by atoms with Crippen molar-refractivity contribution in [3.8, 4) is 0 Å². The molecule has 1 heterocycles. The first-order valence-corrected chi connectivity index (χ1v) is 6.23. The van der Waals surface area contributed by atoms with Crippen LogP contribution in [0.2, 0.25) is 0 Å². The highest BCUT2D eigenvalue weighted by Gasteiger charge is 2.13. The number of nitrogens with zero attached hydrogens (tertiary/aromatic N) is 2. The van der Waals surface area contributed by atoms with E-state index in [9.17, 15) is 4.79 Å². The fourth-order valence-electron chi connectivity index (χ4n) is 1.29. The first kappa shape index (κ1) is 14.4. The maximum atomic E-state index is 11.8. The van der Waals surface area contributed by atoms with E-state index in [1.54, 1.807) is 6.20 Å². The predicted molar refractivity (Wildman–Crippen MR) is 72.6 cm³/mol. The summed E-state index contributed by atoms with van der Waals surface area (Å²) >= 11 is 0. The molecule has 1 unspecified atom stereocenters. The van der Waals surface area contributed by atoms with Crippen molar-refractivity contribution in [3.05, 3.63) is 18.1 Å². The summed E-state index contributed by atoms with van der Waals surface area (Å²) < 4.78 is 0. The van der Waals surface area contributed by atoms with Gasteiger partial charge in [0.25, 0.3) is 5.91 Å². The summed E-state index contributed by atoms with van der Waals surface area (Å²) in [6.45, 7) is 10.1. The van der Waals surface area contributed by atoms with Gasteiger partial charge >= 0.3 is 0 Å². The van der Waals surface area contributed by atoms with Gasteiger partial charge in [0.15, 0.2) is 0 Å². The molecule has 5 heteroatoms. The number of carbonyl (C=O) groups is 1. The third-order valence-electron chi connectivity index (χ3n) is 2.38. The van der Waals surface area contributed by atoms with Gasteiger partial charge in [-0.1, -0.05) is 6.92 Å². The largest absolute Gasteiger partial charge is 0.364 e. The van der Waals surface area contributed by atoms with Crippen LogP contribution < -0.4 is 10.6 Å². The van der Waals surface area contributed by atoms with Crippen LogP contribution in [0, 0.1) is 0 Å². The first-order chi connectivity index (χ1) is 8.31. The molecule has 1 aromatic heterocycles. The Morgan fingerprint density at radius 2 is 2.00 bits per heavy atom. The number of carbonyl (C=O) groups excluding carboxylic acids is 1. The number of hydrogen-bond donors (Lipinski definition) is 2. The average Bonchev–Trinajstić information content (AvgIpc) is 2.27. The van der Waals surface area contributed by atoms with Gasteiger partial charge in [-0.15, -0.1) is 0 Å². The molecule has 100 valence electrons. The summed E-state index contributed by atoms with van der Waals surface area (Å²) in [7, 11) is 0. The van der Waals surface area contributed by atoms with Gasteiger partial charge < -0.3 is 10.6 Å². The molecule has 0 saturated carbocycles. The molecule has 0 aliphatic carbocycles. The summed E-state index contributed by atoms with van der Waals surface area (Å²) in [5.74, 6) is 0.488. The Labute approximate surface area is 108 Å². The van der Waals surface area contributed by atoms with Crippen LogP contribution in [0.25, 0.3) is 0 Å². The van der Waals surface area contributed by atoms with Crippen LogP contribution in [0.5, 0.6) is 0 Å². The van der Waals surface area contributed by atoms with Crippen LogP contribution in [-0.4, -0.2) is 27.5 Å². The van der Waals surface area contributed by atoms with Gasteiger partial charge in [0.2, 0.25) is 0 Å². The summed E-state index contributed by atoms with van der Waals surface area (Å²) in [6.07, 6.45) is 3.96. The summed E-state index contributed by atoms with van der Waals surface area (Å²) in [6, 6.07) is 0.145. The van der Waals surface area contributed by atoms with Crippen molar-refractivity contribution in [2.75, 3.05) is 5.32 Å². The Bertz CT molecular complexity index is 394. The molecule has 0 saturated heterocycles. The minimum Gasteiger partial charge on any atom is -0.364 e. The minimum absolute atomic E-state index is 0.0742. The molecule has 0 radical (unpaired) electrons. The van der Waals surface area contributed by atoms with E-state index < -0.39 is 0 Å². The molecule has 0 spiro atoms. The molecule has 0 aliphatic heterocycles. The Balaban J connectivity index is 2.68. The predicted octanol–water partition coefficient (Wildman–Crippen LogP) is 2.22. The number of aromatic nitrogens is 2. The van der Waals surface area contributed by atoms with E-state index >= 15 is 0 Å². The van der Waals surface area contributed by atoms with Gasteiger partial charge in [0, 0.05) is 11.6 Å². The molecular formula is C13H22N4O. The second kappa shape index (κ2) is 5.80. The molecule has 0 bridgehead atoms. The zero-order valence-corrected chi connectivity index (χ0v) is 11.7. The second-order valence-corrected chi connectivity index (χ2v) is 5.44. The van der Waals surface area contributed by atoms with Crippen LogP contribution >= 0.6 is 0 Å². The lowest BCUT2D eigenvalue weighted by atomic mass is 10.1. The van der Waals surface area contributed by atoms with Crippen LogP contribution in [0.1, 0.15) is 51.5 Å². The van der Waals surface area contributed by atoms with Gasteiger partial charge in [-0.3, -0.25) is 4.79 Å². The maximum Gasteiger partial charge on any atom is 0.271 e. The molecule has 2 N–H and O–H groups in total. The molecule has 1 rings (SSSR count). The highest BCUT2D eigenvalue weighted by molar-refractivity contribution is 5.92. The average molecular weight is 250 g/mol. The van der Waals surface area contributed by atoms with E-state index in [2.05, 4.69) is 20.6 Å². The fraction of sp³-hybridized carbons (Fsp3) is 0.615. The number of anilines is 1. The smallest absolute Gasteiger partial charge is 0.271 e. The number of rotatable bonds is 4. The van der Waals surface area contributed by atoms with Gasteiger partial charge in [-0.25, -0.2) is 9.97 Å². The SMILES string of the molecule is CCC(C)NC(=O)c1cnc(NC(C)(C)C)cn1. The lowest BCUT2D eigenvalue weighted by molar-refractivity contribution is 0.0934. The molecule has 0 aromatic carbocycles. The Hall–Kier alpha value is -1.65. The maximum absolute atomic E-state index is 11.8. The molecule has 5 nitrogen and oxygen atoms in total. The highest BCUT2D eigenvalue weighted by Crippen LogP contribution is 2.10. The van der Waals surface area contributed by atoms with Gasteiger partial charge in [0.05, 0.1) is 12.4 Å². The molecular weight excluding hydrogens is 228 g/mol. The van der Waals surface area contributed by atoms with E-state index in [4.69, 9.17) is 0 Å². The van der Waals surface area contributed by atoms with Crippen molar-refractivity contribution in [1.82, 2.24) is 15.3 Å². The lowest BCUT2D eigenvalue weighted by Gasteiger charge is -2.20. The van der Waals surface area contributed by atoms with Gasteiger partial charge in [0.1, 0.15) is 11.5 Å². The third kappa shape index (κ3) is 4.69. The number of nitrogens with one attached hydrogen (secondary N) is 2. The van der Waals surface area contributed by atoms with E-state index in [1.165, 1.54) is 6.20 Å². The van der Waals surface area contributed by atoms with E-state index in [0.29, 0.717) is 11.5 Å². The van der Waals surface area contributed by atoms with Gasteiger partial charge in [-0.2, -0.15) is 0 Å². The monoisotopic (exact) mass is 250 g/mol. The standard InChI is InChI=1S/C13H22N4O/c1-6-9(2)16-12(18)10-7-15-11(8-14-10)17-13(3,4)5/h7-9H,6H2,1-5H3,(H,15,17)(H,16,18). The van der Waals surface area contributed by atoms with Crippen molar-refractivity contribution in [3.63, 3.8) is 0 Å². The van der Waals surface area contributed by atoms with Gasteiger partial charge in [-0.05, 0) is 34.1 Å². The van der Waals surface area contributed by atoms with Crippen LogP contribution in [-0.2, 0) is 0 Å². The molecule has 0 aliphatic rings. The first-order valence-electron chi connectivity index (χ1n) is 6.23. The zero-order chi connectivity index (χ0) is 13.8. The molecule has 1 aromatic rings. The van der Waals surface area contributed by atoms with Crippen molar-refractivity contribution in [2.45, 2.75) is 52.6 Å². The van der Waals surface area contributed by atoms with E-state index in [0.717, 1.165) is 6.42 Å². The third-order valence-corrected chi connectivity index (χ3v) is 2.38. The Kier molecular flexibility index (Phi) is 4.64. The Morgan fingerprint density at radius 3 is 2.44 bits per heavy atom. The molecule has 1 atom stereocenters. The topological polar surface area (TPSA) is 66.9 Å². The molecule has 0 fully saturated rings. The number of amides is 1. The number of hydrogen-bond acceptors (Lipinski definition) is 4. The Morgan fingerprint density at radius 1 is 1.33 bits per heavy atom. The van der Waals surface area contributed by atoms with Crippen molar-refractivity contribution in [1.29, 1.82) is 0 Å².